The highest BCUT2D eigenvalue weighted by Gasteiger charge is 2.13. The van der Waals surface area contributed by atoms with Crippen LogP contribution in [-0.4, -0.2) is 12.0 Å². The first kappa shape index (κ1) is 12.6. The van der Waals surface area contributed by atoms with Crippen molar-refractivity contribution < 1.29 is 0 Å². The SMILES string of the molecule is CN(Cc1cccs1)c1c(C#N)cnc2ccccc12. The second-order valence-corrected chi connectivity index (χ2v) is 5.62. The molecule has 0 saturated carbocycles. The van der Waals surface area contributed by atoms with Gasteiger partial charge in [-0.3, -0.25) is 4.98 Å². The third-order valence-corrected chi connectivity index (χ3v) is 4.08. The molecule has 3 aromatic rings. The van der Waals surface area contributed by atoms with E-state index in [0.717, 1.165) is 23.1 Å². The van der Waals surface area contributed by atoms with Gasteiger partial charge in [-0.15, -0.1) is 11.3 Å². The van der Waals surface area contributed by atoms with Gasteiger partial charge in [0.25, 0.3) is 0 Å². The van der Waals surface area contributed by atoms with Gasteiger partial charge in [0.05, 0.1) is 23.3 Å². The number of para-hydroxylation sites is 1. The summed E-state index contributed by atoms with van der Waals surface area (Å²) in [6.07, 6.45) is 1.66. The summed E-state index contributed by atoms with van der Waals surface area (Å²) in [5, 5.41) is 12.4. The largest absolute Gasteiger partial charge is 0.368 e. The van der Waals surface area contributed by atoms with E-state index in [1.807, 2.05) is 37.4 Å². The van der Waals surface area contributed by atoms with Crippen LogP contribution in [0.5, 0.6) is 0 Å². The number of hydrogen-bond acceptors (Lipinski definition) is 4. The zero-order valence-electron chi connectivity index (χ0n) is 11.1. The number of anilines is 1. The molecule has 0 spiro atoms. The monoisotopic (exact) mass is 279 g/mol. The number of nitriles is 1. The van der Waals surface area contributed by atoms with Gasteiger partial charge in [-0.1, -0.05) is 24.3 Å². The van der Waals surface area contributed by atoms with E-state index in [4.69, 9.17) is 0 Å². The van der Waals surface area contributed by atoms with Crippen LogP contribution < -0.4 is 4.90 Å². The van der Waals surface area contributed by atoms with Crippen LogP contribution in [-0.2, 0) is 6.54 Å². The fourth-order valence-electron chi connectivity index (χ4n) is 2.34. The Morgan fingerprint density at radius 2 is 2.10 bits per heavy atom. The van der Waals surface area contributed by atoms with Gasteiger partial charge in [0.1, 0.15) is 6.07 Å². The zero-order valence-corrected chi connectivity index (χ0v) is 11.9. The predicted molar refractivity (Wildman–Crippen MR) is 82.9 cm³/mol. The van der Waals surface area contributed by atoms with Gasteiger partial charge in [0, 0.05) is 23.5 Å². The van der Waals surface area contributed by atoms with E-state index in [-0.39, 0.29) is 0 Å². The van der Waals surface area contributed by atoms with E-state index in [2.05, 4.69) is 27.4 Å². The molecule has 2 aromatic heterocycles. The molecule has 0 fully saturated rings. The molecule has 0 aliphatic heterocycles. The van der Waals surface area contributed by atoms with E-state index in [1.54, 1.807) is 17.5 Å². The fraction of sp³-hybridized carbons (Fsp3) is 0.125. The van der Waals surface area contributed by atoms with Crippen molar-refractivity contribution in [1.29, 1.82) is 5.26 Å². The molecule has 1 aromatic carbocycles. The minimum absolute atomic E-state index is 0.614. The number of fused-ring (bicyclic) bond motifs is 1. The Kier molecular flexibility index (Phi) is 3.36. The lowest BCUT2D eigenvalue weighted by molar-refractivity contribution is 0.942. The number of benzene rings is 1. The van der Waals surface area contributed by atoms with Crippen molar-refractivity contribution in [3.05, 3.63) is 58.4 Å². The van der Waals surface area contributed by atoms with E-state index in [0.29, 0.717) is 5.56 Å². The zero-order chi connectivity index (χ0) is 13.9. The first-order valence-corrected chi connectivity index (χ1v) is 7.19. The molecule has 3 nitrogen and oxygen atoms in total. The highest BCUT2D eigenvalue weighted by molar-refractivity contribution is 7.09. The minimum atomic E-state index is 0.614. The number of thiophene rings is 1. The molecule has 0 N–H and O–H groups in total. The van der Waals surface area contributed by atoms with E-state index in [1.165, 1.54) is 4.88 Å². The van der Waals surface area contributed by atoms with Crippen LogP contribution in [0.2, 0.25) is 0 Å². The minimum Gasteiger partial charge on any atom is -0.368 e. The van der Waals surface area contributed by atoms with Gasteiger partial charge in [-0.2, -0.15) is 5.26 Å². The van der Waals surface area contributed by atoms with Crippen LogP contribution >= 0.6 is 11.3 Å². The summed E-state index contributed by atoms with van der Waals surface area (Å²) in [6.45, 7) is 0.792. The van der Waals surface area contributed by atoms with Crippen LogP contribution in [0.3, 0.4) is 0 Å². The summed E-state index contributed by atoms with van der Waals surface area (Å²) >= 11 is 1.72. The Labute approximate surface area is 121 Å². The van der Waals surface area contributed by atoms with Gasteiger partial charge >= 0.3 is 0 Å². The van der Waals surface area contributed by atoms with Crippen LogP contribution in [0.4, 0.5) is 5.69 Å². The molecule has 0 aliphatic carbocycles. The third kappa shape index (κ3) is 2.24. The molecule has 0 radical (unpaired) electrons. The highest BCUT2D eigenvalue weighted by Crippen LogP contribution is 2.29. The Hall–Kier alpha value is -2.38. The number of aromatic nitrogens is 1. The first-order valence-electron chi connectivity index (χ1n) is 6.31. The van der Waals surface area contributed by atoms with Crippen molar-refractivity contribution in [3.63, 3.8) is 0 Å². The summed E-state index contributed by atoms with van der Waals surface area (Å²) in [7, 11) is 2.02. The molecule has 2 heterocycles. The van der Waals surface area contributed by atoms with E-state index < -0.39 is 0 Å². The second-order valence-electron chi connectivity index (χ2n) is 4.58. The lowest BCUT2D eigenvalue weighted by Crippen LogP contribution is -2.17. The molecule has 4 heteroatoms. The number of nitrogens with zero attached hydrogens (tertiary/aromatic N) is 3. The number of rotatable bonds is 3. The van der Waals surface area contributed by atoms with Crippen LogP contribution in [0.15, 0.2) is 48.0 Å². The second kappa shape index (κ2) is 5.32. The van der Waals surface area contributed by atoms with Crippen molar-refractivity contribution in [2.24, 2.45) is 0 Å². The number of hydrogen-bond donors (Lipinski definition) is 0. The molecular formula is C16H13N3S. The summed E-state index contributed by atoms with van der Waals surface area (Å²) < 4.78 is 0. The van der Waals surface area contributed by atoms with Crippen molar-refractivity contribution >= 4 is 27.9 Å². The Balaban J connectivity index is 2.11. The van der Waals surface area contributed by atoms with Gasteiger partial charge < -0.3 is 4.90 Å². The molecule has 0 amide bonds. The topological polar surface area (TPSA) is 39.9 Å². The highest BCUT2D eigenvalue weighted by atomic mass is 32.1. The average molecular weight is 279 g/mol. The maximum atomic E-state index is 9.34. The van der Waals surface area contributed by atoms with Crippen molar-refractivity contribution in [3.8, 4) is 6.07 Å². The van der Waals surface area contributed by atoms with Crippen molar-refractivity contribution in [2.75, 3.05) is 11.9 Å². The molecule has 0 unspecified atom stereocenters. The lowest BCUT2D eigenvalue weighted by atomic mass is 10.1. The maximum absolute atomic E-state index is 9.34. The maximum Gasteiger partial charge on any atom is 0.103 e. The van der Waals surface area contributed by atoms with Crippen molar-refractivity contribution in [2.45, 2.75) is 6.54 Å². The third-order valence-electron chi connectivity index (χ3n) is 3.22. The van der Waals surface area contributed by atoms with Crippen LogP contribution in [0.25, 0.3) is 10.9 Å². The molecule has 0 saturated heterocycles. The smallest absolute Gasteiger partial charge is 0.103 e. The Morgan fingerprint density at radius 3 is 2.85 bits per heavy atom. The molecule has 0 atom stereocenters. The van der Waals surface area contributed by atoms with Gasteiger partial charge in [-0.25, -0.2) is 0 Å². The summed E-state index contributed by atoms with van der Waals surface area (Å²) in [5.41, 5.74) is 2.48. The predicted octanol–water partition coefficient (Wildman–Crippen LogP) is 3.80. The van der Waals surface area contributed by atoms with E-state index in [9.17, 15) is 5.26 Å². The van der Waals surface area contributed by atoms with Crippen LogP contribution in [0, 0.1) is 11.3 Å². The quantitative estimate of drug-likeness (QED) is 0.732. The molecule has 98 valence electrons. The normalized spacial score (nSPS) is 10.4. The standard InChI is InChI=1S/C16H13N3S/c1-19(11-13-5-4-8-20-13)16-12(9-17)10-18-15-7-3-2-6-14(15)16/h2-8,10H,11H2,1H3. The summed E-state index contributed by atoms with van der Waals surface area (Å²) in [5.74, 6) is 0. The fourth-order valence-corrected chi connectivity index (χ4v) is 3.09. The van der Waals surface area contributed by atoms with Gasteiger partial charge in [0.2, 0.25) is 0 Å². The van der Waals surface area contributed by atoms with Crippen molar-refractivity contribution in [1.82, 2.24) is 4.98 Å². The average Bonchev–Trinajstić information content (AvgIpc) is 2.98. The molecule has 0 aliphatic rings. The summed E-state index contributed by atoms with van der Waals surface area (Å²) in [6, 6.07) is 14.3. The van der Waals surface area contributed by atoms with Gasteiger partial charge in [0.15, 0.2) is 0 Å². The Bertz CT molecular complexity index is 772. The van der Waals surface area contributed by atoms with Crippen LogP contribution in [0.1, 0.15) is 10.4 Å². The Morgan fingerprint density at radius 1 is 1.25 bits per heavy atom. The molecular weight excluding hydrogens is 266 g/mol. The lowest BCUT2D eigenvalue weighted by Gasteiger charge is -2.21. The van der Waals surface area contributed by atoms with E-state index >= 15 is 0 Å². The molecule has 0 bridgehead atoms. The molecule has 3 rings (SSSR count). The number of pyridine rings is 1. The summed E-state index contributed by atoms with van der Waals surface area (Å²) in [4.78, 5) is 7.74. The van der Waals surface area contributed by atoms with Gasteiger partial charge in [-0.05, 0) is 17.5 Å². The molecule has 20 heavy (non-hydrogen) atoms. The first-order chi connectivity index (χ1) is 9.79.